The Morgan fingerprint density at radius 3 is 2.13 bits per heavy atom. The van der Waals surface area contributed by atoms with Crippen LogP contribution in [0.4, 0.5) is 0 Å². The van der Waals surface area contributed by atoms with Gasteiger partial charge in [0, 0.05) is 5.92 Å². The highest BCUT2D eigenvalue weighted by Gasteiger charge is 2.85. The van der Waals surface area contributed by atoms with Crippen LogP contribution in [0.3, 0.4) is 0 Å². The van der Waals surface area contributed by atoms with E-state index in [2.05, 4.69) is 34.6 Å². The van der Waals surface area contributed by atoms with E-state index in [1.807, 2.05) is 0 Å². The van der Waals surface area contributed by atoms with Gasteiger partial charge in [-0.15, -0.1) is 0 Å². The first kappa shape index (κ1) is 34.1. The molecule has 2 aliphatic heterocycles. The first-order valence-corrected chi connectivity index (χ1v) is 17.9. The largest absolute Gasteiger partial charge is 0.394 e. The SMILES string of the molecule is CC(C)(O)C1CC[C@](C)(C2[C@@H](O)C[C@@]3(C)C4C[C@H](OC5O[C@H](CO)[C@@H](O)[C@H](O)C5O)[C@H]5C(C)(C)C(O)CC[C@@]56CC46CC[C@]23C)O1. The predicted octanol–water partition coefficient (Wildman–Crippen LogP) is 2.26. The van der Waals surface area contributed by atoms with Gasteiger partial charge in [-0.25, -0.2) is 0 Å². The first-order valence-electron chi connectivity index (χ1n) is 17.9. The summed E-state index contributed by atoms with van der Waals surface area (Å²) >= 11 is 0. The zero-order valence-electron chi connectivity index (χ0n) is 28.9. The third-order valence-corrected chi connectivity index (χ3v) is 15.9. The van der Waals surface area contributed by atoms with Crippen LogP contribution in [0.2, 0.25) is 0 Å². The van der Waals surface area contributed by atoms with Crippen LogP contribution >= 0.6 is 0 Å². The lowest BCUT2D eigenvalue weighted by Gasteiger charge is -2.65. The van der Waals surface area contributed by atoms with Gasteiger partial charge in [-0.1, -0.05) is 27.7 Å². The molecule has 7 rings (SSSR count). The second-order valence-corrected chi connectivity index (χ2v) is 18.7. The zero-order chi connectivity index (χ0) is 33.6. The van der Waals surface area contributed by atoms with Crippen LogP contribution < -0.4 is 0 Å². The molecule has 0 amide bonds. The van der Waals surface area contributed by atoms with Gasteiger partial charge in [0.15, 0.2) is 6.29 Å². The lowest BCUT2D eigenvalue weighted by atomic mass is 9.41. The van der Waals surface area contributed by atoms with Crippen LogP contribution in [0.1, 0.15) is 106 Å². The Kier molecular flexibility index (Phi) is 7.65. The third-order valence-electron chi connectivity index (χ3n) is 15.9. The minimum absolute atomic E-state index is 0.0225. The number of fused-ring (bicyclic) bond motifs is 2. The fourth-order valence-electron chi connectivity index (χ4n) is 13.6. The number of aliphatic hydroxyl groups is 7. The smallest absolute Gasteiger partial charge is 0.186 e. The van der Waals surface area contributed by atoms with E-state index in [9.17, 15) is 35.7 Å². The summed E-state index contributed by atoms with van der Waals surface area (Å²) in [6.45, 7) is 14.2. The maximum atomic E-state index is 12.0. The molecule has 0 radical (unpaired) electrons. The molecule has 0 aromatic rings. The number of aliphatic hydroxyl groups excluding tert-OH is 6. The molecule has 0 aromatic carbocycles. The standard InChI is InChI=1S/C36H60O10/c1-30(2)22(39)8-11-36-17-35(36)13-12-32(5)27(34(7)10-9-23(46-34)31(3,4)43)18(38)15-33(32,6)21(35)14-19(28(30)36)44-29-26(42)25(41)24(40)20(16-37)45-29/h18-29,37-43H,8-17H2,1-7H3/t18-,19-,20+,21?,22?,23?,24+,25-,26?,27?,28-,29?,32+,33-,34+,35?,36+/m0/s1. The molecule has 0 bridgehead atoms. The summed E-state index contributed by atoms with van der Waals surface area (Å²) in [5, 5.41) is 76.2. The van der Waals surface area contributed by atoms with E-state index < -0.39 is 72.2 Å². The molecule has 2 heterocycles. The Morgan fingerprint density at radius 2 is 1.50 bits per heavy atom. The van der Waals surface area contributed by atoms with E-state index in [-0.39, 0.29) is 45.5 Å². The predicted molar refractivity (Wildman–Crippen MR) is 167 cm³/mol. The lowest BCUT2D eigenvalue weighted by Crippen LogP contribution is -2.64. The van der Waals surface area contributed by atoms with Crippen molar-refractivity contribution in [2.45, 2.75) is 173 Å². The summed E-state index contributed by atoms with van der Waals surface area (Å²) < 4.78 is 19.4. The molecule has 7 unspecified atom stereocenters. The van der Waals surface area contributed by atoms with Crippen LogP contribution in [-0.4, -0.2) is 109 Å². The topological polar surface area (TPSA) is 169 Å². The van der Waals surface area contributed by atoms with Gasteiger partial charge >= 0.3 is 0 Å². The monoisotopic (exact) mass is 652 g/mol. The highest BCUT2D eigenvalue weighted by molar-refractivity contribution is 5.33. The van der Waals surface area contributed by atoms with Crippen LogP contribution in [-0.2, 0) is 14.2 Å². The fraction of sp³-hybridized carbons (Fsp3) is 1.00. The third kappa shape index (κ3) is 4.24. The van der Waals surface area contributed by atoms with Gasteiger partial charge in [-0.05, 0) is 117 Å². The van der Waals surface area contributed by atoms with Crippen LogP contribution in [0, 0.1) is 44.8 Å². The Labute approximate surface area is 273 Å². The lowest BCUT2D eigenvalue weighted by molar-refractivity contribution is -0.331. The minimum Gasteiger partial charge on any atom is -0.394 e. The minimum atomic E-state index is -1.53. The van der Waals surface area contributed by atoms with Gasteiger partial charge in [0.2, 0.25) is 0 Å². The molecule has 5 saturated carbocycles. The second kappa shape index (κ2) is 10.3. The van der Waals surface area contributed by atoms with Crippen molar-refractivity contribution in [3.63, 3.8) is 0 Å². The van der Waals surface area contributed by atoms with Crippen molar-refractivity contribution < 1.29 is 50.0 Å². The molecule has 264 valence electrons. The molecule has 17 atom stereocenters. The molecule has 10 heteroatoms. The maximum Gasteiger partial charge on any atom is 0.186 e. The molecule has 7 N–H and O–H groups in total. The molecule has 7 fully saturated rings. The normalized spacial score (nSPS) is 59.3. The van der Waals surface area contributed by atoms with Crippen molar-refractivity contribution in [2.24, 2.45) is 44.8 Å². The fourth-order valence-corrected chi connectivity index (χ4v) is 13.6. The van der Waals surface area contributed by atoms with Crippen molar-refractivity contribution in [3.05, 3.63) is 0 Å². The zero-order valence-corrected chi connectivity index (χ0v) is 28.9. The number of ether oxygens (including phenoxy) is 3. The van der Waals surface area contributed by atoms with E-state index in [4.69, 9.17) is 14.2 Å². The first-order chi connectivity index (χ1) is 21.2. The molecule has 10 nitrogen and oxygen atoms in total. The van der Waals surface area contributed by atoms with Crippen molar-refractivity contribution >= 4 is 0 Å². The van der Waals surface area contributed by atoms with E-state index in [1.165, 1.54) is 0 Å². The second-order valence-electron chi connectivity index (χ2n) is 18.7. The summed E-state index contributed by atoms with van der Waals surface area (Å²) in [6, 6.07) is 0. The molecule has 46 heavy (non-hydrogen) atoms. The van der Waals surface area contributed by atoms with Gasteiger partial charge in [0.25, 0.3) is 0 Å². The molecule has 2 saturated heterocycles. The average molecular weight is 653 g/mol. The molecular weight excluding hydrogens is 592 g/mol. The van der Waals surface area contributed by atoms with Crippen molar-refractivity contribution in [1.82, 2.24) is 0 Å². The number of rotatable bonds is 5. The van der Waals surface area contributed by atoms with Crippen molar-refractivity contribution in [2.75, 3.05) is 6.61 Å². The van der Waals surface area contributed by atoms with Gasteiger partial charge in [0.05, 0.1) is 42.2 Å². The Morgan fingerprint density at radius 1 is 0.804 bits per heavy atom. The van der Waals surface area contributed by atoms with Crippen LogP contribution in [0.15, 0.2) is 0 Å². The van der Waals surface area contributed by atoms with E-state index in [0.29, 0.717) is 19.3 Å². The average Bonchev–Trinajstić information content (AvgIpc) is 3.33. The molecular formula is C36H60O10. The van der Waals surface area contributed by atoms with Gasteiger partial charge < -0.3 is 50.0 Å². The Bertz CT molecular complexity index is 1200. The van der Waals surface area contributed by atoms with Gasteiger partial charge in [-0.3, -0.25) is 0 Å². The quantitative estimate of drug-likeness (QED) is 0.219. The summed E-state index contributed by atoms with van der Waals surface area (Å²) in [4.78, 5) is 0. The van der Waals surface area contributed by atoms with Crippen LogP contribution in [0.25, 0.3) is 0 Å². The van der Waals surface area contributed by atoms with E-state index in [1.54, 1.807) is 13.8 Å². The summed E-state index contributed by atoms with van der Waals surface area (Å²) in [7, 11) is 0. The highest BCUT2D eigenvalue weighted by Crippen LogP contribution is 2.89. The van der Waals surface area contributed by atoms with E-state index in [0.717, 1.165) is 38.5 Å². The van der Waals surface area contributed by atoms with Crippen molar-refractivity contribution in [3.8, 4) is 0 Å². The molecule has 5 aliphatic carbocycles. The molecule has 0 aromatic heterocycles. The summed E-state index contributed by atoms with van der Waals surface area (Å²) in [5.41, 5.74) is -2.50. The van der Waals surface area contributed by atoms with E-state index >= 15 is 0 Å². The number of hydrogen-bond donors (Lipinski definition) is 7. The van der Waals surface area contributed by atoms with Crippen LogP contribution in [0.5, 0.6) is 0 Å². The molecule has 2 spiro atoms. The van der Waals surface area contributed by atoms with Gasteiger partial charge in [0.1, 0.15) is 24.4 Å². The van der Waals surface area contributed by atoms with Crippen molar-refractivity contribution in [1.29, 1.82) is 0 Å². The number of hydrogen-bond acceptors (Lipinski definition) is 10. The molecule has 7 aliphatic rings. The maximum absolute atomic E-state index is 12.0. The van der Waals surface area contributed by atoms with Gasteiger partial charge in [-0.2, -0.15) is 0 Å². The Balaban J connectivity index is 1.26. The Hall–Kier alpha value is -0.400. The summed E-state index contributed by atoms with van der Waals surface area (Å²) in [5.74, 6) is 0.0768. The highest BCUT2D eigenvalue weighted by atomic mass is 16.7. The summed E-state index contributed by atoms with van der Waals surface area (Å²) in [6.07, 6.45) is -1.07.